The molecule has 0 amide bonds. The van der Waals surface area contributed by atoms with E-state index in [0.717, 1.165) is 12.3 Å². The van der Waals surface area contributed by atoms with E-state index < -0.39 is 31.4 Å². The molecule has 7 nitrogen and oxygen atoms in total. The Morgan fingerprint density at radius 2 is 1.80 bits per heavy atom. The van der Waals surface area contributed by atoms with Crippen LogP contribution in [0.15, 0.2) is 12.3 Å². The van der Waals surface area contributed by atoms with E-state index in [1.807, 2.05) is 0 Å². The second-order valence-corrected chi connectivity index (χ2v) is 2.75. The lowest BCUT2D eigenvalue weighted by atomic mass is 9.76. The number of nitrogens with zero attached hydrogens (tertiary/aromatic N) is 1. The van der Waals surface area contributed by atoms with Crippen LogP contribution in [0, 0.1) is 0 Å². The second kappa shape index (κ2) is 4.41. The summed E-state index contributed by atoms with van der Waals surface area (Å²) < 4.78 is 0. The minimum absolute atomic E-state index is 0.142. The quantitative estimate of drug-likeness (QED) is 0.323. The lowest BCUT2D eigenvalue weighted by molar-refractivity contribution is 0.0697. The molecule has 0 saturated heterocycles. The molecule has 0 radical (unpaired) electrons. The molecule has 1 rings (SSSR count). The van der Waals surface area contributed by atoms with Gasteiger partial charge in [0.05, 0.1) is 11.2 Å². The fourth-order valence-corrected chi connectivity index (χ4v) is 1.01. The SMILES string of the molecule is O=C(O)c1cc(B(O)O)cnc1B(O)O. The highest BCUT2D eigenvalue weighted by Crippen LogP contribution is 1.93. The van der Waals surface area contributed by atoms with Crippen molar-refractivity contribution in [3.63, 3.8) is 0 Å². The maximum Gasteiger partial charge on any atom is 0.509 e. The van der Waals surface area contributed by atoms with Crippen LogP contribution in [0.1, 0.15) is 10.4 Å². The normalized spacial score (nSPS) is 9.87. The zero-order valence-corrected chi connectivity index (χ0v) is 7.40. The van der Waals surface area contributed by atoms with Crippen LogP contribution < -0.4 is 11.1 Å². The molecule has 0 bridgehead atoms. The maximum atomic E-state index is 10.7. The van der Waals surface area contributed by atoms with Crippen LogP contribution in [0.4, 0.5) is 0 Å². The van der Waals surface area contributed by atoms with E-state index in [9.17, 15) is 4.79 Å². The smallest absolute Gasteiger partial charge is 0.478 e. The Morgan fingerprint density at radius 1 is 1.20 bits per heavy atom. The van der Waals surface area contributed by atoms with Crippen molar-refractivity contribution in [3.8, 4) is 0 Å². The summed E-state index contributed by atoms with van der Waals surface area (Å²) >= 11 is 0. The predicted molar refractivity (Wildman–Crippen MR) is 50.8 cm³/mol. The summed E-state index contributed by atoms with van der Waals surface area (Å²) in [6.45, 7) is 0. The number of carboxylic acids is 1. The van der Waals surface area contributed by atoms with Crippen LogP contribution in [-0.4, -0.2) is 50.4 Å². The highest BCUT2D eigenvalue weighted by Gasteiger charge is 2.24. The molecule has 1 heterocycles. The van der Waals surface area contributed by atoms with Gasteiger partial charge >= 0.3 is 20.2 Å². The Balaban J connectivity index is 3.27. The van der Waals surface area contributed by atoms with Crippen LogP contribution in [-0.2, 0) is 0 Å². The van der Waals surface area contributed by atoms with Gasteiger partial charge in [-0.1, -0.05) is 0 Å². The van der Waals surface area contributed by atoms with Crippen molar-refractivity contribution in [2.45, 2.75) is 0 Å². The Morgan fingerprint density at radius 3 is 2.20 bits per heavy atom. The van der Waals surface area contributed by atoms with Crippen LogP contribution in [0.25, 0.3) is 0 Å². The zero-order valence-electron chi connectivity index (χ0n) is 7.40. The largest absolute Gasteiger partial charge is 0.509 e. The van der Waals surface area contributed by atoms with Crippen molar-refractivity contribution in [2.75, 3.05) is 0 Å². The van der Waals surface area contributed by atoms with Gasteiger partial charge in [0.2, 0.25) is 0 Å². The molecule has 0 aliphatic heterocycles. The third-order valence-electron chi connectivity index (χ3n) is 1.71. The first-order valence-electron chi connectivity index (χ1n) is 3.89. The van der Waals surface area contributed by atoms with Crippen molar-refractivity contribution in [3.05, 3.63) is 17.8 Å². The number of aromatic carboxylic acids is 1. The summed E-state index contributed by atoms with van der Waals surface area (Å²) in [5.41, 5.74) is -1.08. The minimum Gasteiger partial charge on any atom is -0.478 e. The first-order valence-corrected chi connectivity index (χ1v) is 3.89. The minimum atomic E-state index is -2.03. The van der Waals surface area contributed by atoms with Gasteiger partial charge in [0.15, 0.2) is 0 Å². The number of hydrogen-bond acceptors (Lipinski definition) is 6. The van der Waals surface area contributed by atoms with Crippen molar-refractivity contribution in [2.24, 2.45) is 0 Å². The molecule has 5 N–H and O–H groups in total. The third kappa shape index (κ3) is 2.54. The highest BCUT2D eigenvalue weighted by atomic mass is 16.4. The lowest BCUT2D eigenvalue weighted by Crippen LogP contribution is -2.41. The first-order chi connectivity index (χ1) is 6.93. The first kappa shape index (κ1) is 11.7. The van der Waals surface area contributed by atoms with Gasteiger partial charge in [0, 0.05) is 11.7 Å². The molecule has 0 aliphatic rings. The molecule has 0 aromatic carbocycles. The Bertz CT molecular complexity index is 382. The van der Waals surface area contributed by atoms with Gasteiger partial charge in [-0.3, -0.25) is 4.98 Å². The highest BCUT2D eigenvalue weighted by molar-refractivity contribution is 6.61. The van der Waals surface area contributed by atoms with Crippen molar-refractivity contribution >= 4 is 31.3 Å². The summed E-state index contributed by atoms with van der Waals surface area (Å²) in [6, 6.07) is 0.911. The number of hydrogen-bond donors (Lipinski definition) is 5. The Labute approximate surface area is 84.9 Å². The number of carboxylic acid groups (broad SMARTS) is 1. The number of carbonyl (C=O) groups is 1. The van der Waals surface area contributed by atoms with Gasteiger partial charge in [-0.25, -0.2) is 4.79 Å². The van der Waals surface area contributed by atoms with Crippen molar-refractivity contribution < 1.29 is 30.0 Å². The number of aromatic nitrogens is 1. The molecule has 0 unspecified atom stereocenters. The van der Waals surface area contributed by atoms with E-state index >= 15 is 0 Å². The zero-order chi connectivity index (χ0) is 11.6. The summed E-state index contributed by atoms with van der Waals surface area (Å²) in [4.78, 5) is 14.1. The summed E-state index contributed by atoms with van der Waals surface area (Å²) in [5, 5.41) is 43.8. The molecule has 0 atom stereocenters. The van der Waals surface area contributed by atoms with Gasteiger partial charge in [-0.05, 0) is 6.07 Å². The molecule has 78 valence electrons. The van der Waals surface area contributed by atoms with Gasteiger partial charge < -0.3 is 25.2 Å². The van der Waals surface area contributed by atoms with E-state index in [1.165, 1.54) is 0 Å². The van der Waals surface area contributed by atoms with Gasteiger partial charge in [0.25, 0.3) is 0 Å². The number of rotatable bonds is 3. The fraction of sp³-hybridized carbons (Fsp3) is 0. The van der Waals surface area contributed by atoms with Crippen molar-refractivity contribution in [1.82, 2.24) is 4.98 Å². The fourth-order valence-electron chi connectivity index (χ4n) is 1.01. The number of pyridine rings is 1. The van der Waals surface area contributed by atoms with Gasteiger partial charge in [-0.15, -0.1) is 0 Å². The van der Waals surface area contributed by atoms with Crippen LogP contribution >= 0.6 is 0 Å². The van der Waals surface area contributed by atoms with E-state index in [2.05, 4.69) is 4.98 Å². The molecule has 9 heteroatoms. The summed E-state index contributed by atoms with van der Waals surface area (Å²) in [6.07, 6.45) is 0.950. The molecule has 0 saturated carbocycles. The van der Waals surface area contributed by atoms with Gasteiger partial charge in [-0.2, -0.15) is 0 Å². The monoisotopic (exact) mass is 211 g/mol. The average Bonchev–Trinajstić information content (AvgIpc) is 2.16. The van der Waals surface area contributed by atoms with Crippen molar-refractivity contribution in [1.29, 1.82) is 0 Å². The Hall–Kier alpha value is -1.41. The maximum absolute atomic E-state index is 10.7. The molecule has 0 fully saturated rings. The van der Waals surface area contributed by atoms with Crippen LogP contribution in [0.5, 0.6) is 0 Å². The summed E-state index contributed by atoms with van der Waals surface area (Å²) in [5.74, 6) is -1.44. The van der Waals surface area contributed by atoms with Gasteiger partial charge in [0.1, 0.15) is 0 Å². The second-order valence-electron chi connectivity index (χ2n) is 2.75. The van der Waals surface area contributed by atoms with E-state index in [4.69, 9.17) is 25.2 Å². The molecule has 0 spiro atoms. The molecule has 15 heavy (non-hydrogen) atoms. The average molecular weight is 211 g/mol. The molecule has 1 aromatic rings. The third-order valence-corrected chi connectivity index (χ3v) is 1.71. The summed E-state index contributed by atoms with van der Waals surface area (Å²) in [7, 11) is -3.89. The molecule has 0 aliphatic carbocycles. The van der Waals surface area contributed by atoms with E-state index in [-0.39, 0.29) is 5.46 Å². The lowest BCUT2D eigenvalue weighted by Gasteiger charge is -2.06. The topological polar surface area (TPSA) is 131 Å². The standard InChI is InChI=1S/C6H7B2NO6/c10-6(11)4-1-3(7(12)13)2-9-5(4)8(14)15/h1-2,12-15H,(H,10,11). The molecular weight excluding hydrogens is 204 g/mol. The van der Waals surface area contributed by atoms with Crippen LogP contribution in [0.3, 0.4) is 0 Å². The molecule has 1 aromatic heterocycles. The van der Waals surface area contributed by atoms with E-state index in [0.29, 0.717) is 0 Å². The molecular formula is C6H7B2NO6. The van der Waals surface area contributed by atoms with Crippen LogP contribution in [0.2, 0.25) is 0 Å². The van der Waals surface area contributed by atoms with E-state index in [1.54, 1.807) is 0 Å². The Kier molecular flexibility index (Phi) is 3.43. The predicted octanol–water partition coefficient (Wildman–Crippen LogP) is -3.86.